The second kappa shape index (κ2) is 9.78. The van der Waals surface area contributed by atoms with E-state index in [4.69, 9.17) is 5.73 Å². The van der Waals surface area contributed by atoms with Crippen LogP contribution in [0.25, 0.3) is 39.1 Å². The molecule has 1 aliphatic heterocycles. The van der Waals surface area contributed by atoms with Gasteiger partial charge >= 0.3 is 0 Å². The highest BCUT2D eigenvalue weighted by atomic mass is 16.3. The highest BCUT2D eigenvalue weighted by molar-refractivity contribution is 5.89. The highest BCUT2D eigenvalue weighted by Crippen LogP contribution is 2.36. The highest BCUT2D eigenvalue weighted by Gasteiger charge is 2.21. The monoisotopic (exact) mass is 491 g/mol. The minimum atomic E-state index is -0.232. The molecule has 0 amide bonds. The van der Waals surface area contributed by atoms with E-state index in [1.165, 1.54) is 11.1 Å². The van der Waals surface area contributed by atoms with Crippen molar-refractivity contribution in [3.05, 3.63) is 96.4 Å². The van der Waals surface area contributed by atoms with Gasteiger partial charge in [0.2, 0.25) is 0 Å². The minimum Gasteiger partial charge on any atom is -0.504 e. The smallest absolute Gasteiger partial charge is 0.168 e. The molecule has 0 saturated carbocycles. The van der Waals surface area contributed by atoms with Crippen molar-refractivity contribution in [2.45, 2.75) is 25.6 Å². The third-order valence-corrected chi connectivity index (χ3v) is 7.11. The van der Waals surface area contributed by atoms with E-state index in [9.17, 15) is 10.2 Å². The first-order valence-corrected chi connectivity index (χ1v) is 12.5. The van der Waals surface area contributed by atoms with Crippen molar-refractivity contribution in [2.24, 2.45) is 5.73 Å². The fraction of sp³-hybridized carbons (Fsp3) is 0.200. The van der Waals surface area contributed by atoms with E-state index in [0.29, 0.717) is 29.8 Å². The number of β-amino-alcohol motifs (C(OH)–C–C–N with tert-alkyl or cyclic N) is 1. The maximum absolute atomic E-state index is 11.3. The van der Waals surface area contributed by atoms with Gasteiger partial charge in [-0.1, -0.05) is 60.7 Å². The Morgan fingerprint density at radius 2 is 1.76 bits per heavy atom. The van der Waals surface area contributed by atoms with Crippen molar-refractivity contribution in [1.82, 2.24) is 19.4 Å². The summed E-state index contributed by atoms with van der Waals surface area (Å²) in [6.45, 7) is 2.88. The van der Waals surface area contributed by atoms with Gasteiger partial charge in [0, 0.05) is 37.4 Å². The summed E-state index contributed by atoms with van der Waals surface area (Å²) in [4.78, 5) is 11.3. The van der Waals surface area contributed by atoms with Gasteiger partial charge in [-0.25, -0.2) is 9.97 Å². The first-order chi connectivity index (χ1) is 18.1. The van der Waals surface area contributed by atoms with E-state index in [0.717, 1.165) is 41.9 Å². The maximum atomic E-state index is 11.3. The molecule has 1 aliphatic rings. The van der Waals surface area contributed by atoms with Crippen molar-refractivity contribution < 1.29 is 10.2 Å². The number of hydrogen-bond donors (Lipinski definition) is 3. The normalized spacial score (nSPS) is 16.0. The lowest BCUT2D eigenvalue weighted by atomic mass is 9.97. The summed E-state index contributed by atoms with van der Waals surface area (Å²) in [5, 5.41) is 21.2. The number of hydrogen-bond acceptors (Lipinski definition) is 6. The number of likely N-dealkylation sites (tertiary alicyclic amines) is 1. The van der Waals surface area contributed by atoms with Crippen LogP contribution in [0.1, 0.15) is 17.5 Å². The van der Waals surface area contributed by atoms with E-state index in [2.05, 4.69) is 45.2 Å². The second-order valence-corrected chi connectivity index (χ2v) is 9.59. The molecule has 4 N–H and O–H groups in total. The molecule has 1 atom stereocenters. The van der Waals surface area contributed by atoms with Gasteiger partial charge in [-0.05, 0) is 40.8 Å². The van der Waals surface area contributed by atoms with E-state index >= 15 is 0 Å². The summed E-state index contributed by atoms with van der Waals surface area (Å²) >= 11 is 0. The third kappa shape index (κ3) is 4.49. The minimum absolute atomic E-state index is 0.0916. The lowest BCUT2D eigenvalue weighted by Gasteiger charge is -2.18. The van der Waals surface area contributed by atoms with Gasteiger partial charge in [-0.15, -0.1) is 0 Å². The molecule has 3 heterocycles. The van der Waals surface area contributed by atoms with Crippen molar-refractivity contribution in [1.29, 1.82) is 0 Å². The van der Waals surface area contributed by atoms with Crippen LogP contribution in [0, 0.1) is 0 Å². The Kier molecular flexibility index (Phi) is 6.18. The van der Waals surface area contributed by atoms with Gasteiger partial charge in [-0.2, -0.15) is 0 Å². The lowest BCUT2D eigenvalue weighted by molar-refractivity contribution is 0.175. The summed E-state index contributed by atoms with van der Waals surface area (Å²) in [5.41, 5.74) is 13.8. The lowest BCUT2D eigenvalue weighted by Crippen LogP contribution is -2.21. The van der Waals surface area contributed by atoms with Gasteiger partial charge in [0.15, 0.2) is 5.75 Å². The van der Waals surface area contributed by atoms with Crippen LogP contribution < -0.4 is 5.73 Å². The van der Waals surface area contributed by atoms with E-state index < -0.39 is 0 Å². The number of aliphatic hydroxyl groups is 1. The van der Waals surface area contributed by atoms with Crippen LogP contribution in [0.4, 0.5) is 0 Å². The number of imidazole rings is 1. The third-order valence-electron chi connectivity index (χ3n) is 7.11. The molecule has 3 aromatic carbocycles. The average Bonchev–Trinajstić information content (AvgIpc) is 3.56. The number of nitrogens with zero attached hydrogens (tertiary/aromatic N) is 4. The SMILES string of the molecule is NCc1cccc(-n2cnc3cnc(-c4ccc(-c5ccccc5CN5CC[C@H](O)C5)cc4)c(O)c32)c1. The van der Waals surface area contributed by atoms with E-state index in [-0.39, 0.29) is 11.9 Å². The molecule has 0 spiro atoms. The second-order valence-electron chi connectivity index (χ2n) is 9.59. The van der Waals surface area contributed by atoms with Crippen LogP contribution in [-0.4, -0.2) is 48.8 Å². The number of benzene rings is 3. The van der Waals surface area contributed by atoms with Crippen molar-refractivity contribution in [3.63, 3.8) is 0 Å². The number of rotatable bonds is 6. The summed E-state index contributed by atoms with van der Waals surface area (Å²) in [7, 11) is 0. The van der Waals surface area contributed by atoms with Crippen molar-refractivity contribution >= 4 is 11.0 Å². The topological polar surface area (TPSA) is 100 Å². The number of aromatic hydroxyl groups is 1. The van der Waals surface area contributed by atoms with Crippen molar-refractivity contribution in [2.75, 3.05) is 13.1 Å². The summed E-state index contributed by atoms with van der Waals surface area (Å²) < 4.78 is 1.87. The van der Waals surface area contributed by atoms with Crippen LogP contribution >= 0.6 is 0 Å². The molecule has 0 aliphatic carbocycles. The fourth-order valence-corrected chi connectivity index (χ4v) is 5.18. The molecular formula is C30H29N5O2. The van der Waals surface area contributed by atoms with Crippen LogP contribution in [0.15, 0.2) is 85.3 Å². The Labute approximate surface area is 215 Å². The van der Waals surface area contributed by atoms with Gasteiger partial charge in [0.1, 0.15) is 23.1 Å². The van der Waals surface area contributed by atoms with Crippen molar-refractivity contribution in [3.8, 4) is 33.8 Å². The molecule has 0 unspecified atom stereocenters. The molecule has 1 fully saturated rings. The first-order valence-electron chi connectivity index (χ1n) is 12.5. The summed E-state index contributed by atoms with van der Waals surface area (Å²) in [6.07, 6.45) is 3.99. The van der Waals surface area contributed by atoms with Crippen LogP contribution in [0.2, 0.25) is 0 Å². The largest absolute Gasteiger partial charge is 0.504 e. The molecule has 37 heavy (non-hydrogen) atoms. The Hall–Kier alpha value is -4.04. The quantitative estimate of drug-likeness (QED) is 0.324. The molecule has 1 saturated heterocycles. The Bertz CT molecular complexity index is 1560. The number of aromatic nitrogens is 3. The van der Waals surface area contributed by atoms with Gasteiger partial charge < -0.3 is 15.9 Å². The molecule has 0 bridgehead atoms. The van der Waals surface area contributed by atoms with E-state index in [1.54, 1.807) is 12.5 Å². The van der Waals surface area contributed by atoms with Crippen LogP contribution in [0.5, 0.6) is 5.75 Å². The molecule has 7 nitrogen and oxygen atoms in total. The molecule has 7 heteroatoms. The Balaban J connectivity index is 1.34. The summed E-state index contributed by atoms with van der Waals surface area (Å²) in [6, 6.07) is 24.4. The molecular weight excluding hydrogens is 462 g/mol. The predicted octanol–water partition coefficient (Wildman–Crippen LogP) is 4.49. The maximum Gasteiger partial charge on any atom is 0.168 e. The number of fused-ring (bicyclic) bond motifs is 1. The Morgan fingerprint density at radius 3 is 2.54 bits per heavy atom. The average molecular weight is 492 g/mol. The van der Waals surface area contributed by atoms with Gasteiger partial charge in [0.05, 0.1) is 12.3 Å². The zero-order valence-electron chi connectivity index (χ0n) is 20.5. The zero-order chi connectivity index (χ0) is 25.4. The fourth-order valence-electron chi connectivity index (χ4n) is 5.18. The van der Waals surface area contributed by atoms with Crippen LogP contribution in [0.3, 0.4) is 0 Å². The number of pyridine rings is 1. The number of nitrogens with two attached hydrogens (primary N) is 1. The molecule has 186 valence electrons. The molecule has 5 aromatic rings. The molecule has 6 rings (SSSR count). The predicted molar refractivity (Wildman–Crippen MR) is 145 cm³/mol. The number of aliphatic hydroxyl groups excluding tert-OH is 1. The van der Waals surface area contributed by atoms with E-state index in [1.807, 2.05) is 47.0 Å². The first kappa shape index (κ1) is 23.4. The van der Waals surface area contributed by atoms with Gasteiger partial charge in [-0.3, -0.25) is 9.47 Å². The molecule has 2 aromatic heterocycles. The molecule has 0 radical (unpaired) electrons. The Morgan fingerprint density at radius 1 is 0.946 bits per heavy atom. The zero-order valence-corrected chi connectivity index (χ0v) is 20.5. The standard InChI is InChI=1S/C30H29N5O2/c31-15-20-4-3-6-24(14-20)35-19-33-27-16-32-28(30(37)29(27)35)22-10-8-21(9-11-22)26-7-2-1-5-23(26)17-34-13-12-25(36)18-34/h1-11,14,16,19,25,36-37H,12-13,15,17-18,31H2/t25-/m0/s1. The summed E-state index contributed by atoms with van der Waals surface area (Å²) in [5.74, 6) is 0.0916. The van der Waals surface area contributed by atoms with Crippen LogP contribution in [-0.2, 0) is 13.1 Å². The van der Waals surface area contributed by atoms with Gasteiger partial charge in [0.25, 0.3) is 0 Å².